The average Bonchev–Trinajstić information content (AvgIpc) is 2.59. The average molecular weight is 333 g/mol. The van der Waals surface area contributed by atoms with Gasteiger partial charge in [-0.05, 0) is 31.7 Å². The van der Waals surface area contributed by atoms with Crippen molar-refractivity contribution < 1.29 is 10.0 Å². The zero-order valence-corrected chi connectivity index (χ0v) is 14.7. The van der Waals surface area contributed by atoms with Crippen molar-refractivity contribution in [1.82, 2.24) is 19.8 Å². The largest absolute Gasteiger partial charge is 0.488 e. The van der Waals surface area contributed by atoms with Crippen LogP contribution in [-0.2, 0) is 0 Å². The number of nitrogens with zero attached hydrogens (tertiary/aromatic N) is 5. The van der Waals surface area contributed by atoms with Gasteiger partial charge in [-0.2, -0.15) is 0 Å². The third-order valence-electron chi connectivity index (χ3n) is 4.92. The highest BCUT2D eigenvalue weighted by Crippen LogP contribution is 2.21. The number of hydrogen-bond acceptors (Lipinski definition) is 7. The number of anilines is 1. The summed E-state index contributed by atoms with van der Waals surface area (Å²) in [5.74, 6) is 0. The fourth-order valence-corrected chi connectivity index (χ4v) is 3.26. The number of benzene rings is 1. The summed E-state index contributed by atoms with van der Waals surface area (Å²) in [7, 11) is 2.91. The van der Waals surface area contributed by atoms with E-state index in [0.717, 1.165) is 58.0 Å². The van der Waals surface area contributed by atoms with Crippen molar-refractivity contribution in [3.8, 4) is 0 Å². The Morgan fingerprint density at radius 1 is 0.750 bits per heavy atom. The highest BCUT2D eigenvalue weighted by molar-refractivity contribution is 6.58. The summed E-state index contributed by atoms with van der Waals surface area (Å²) in [6.45, 7) is 8.19. The summed E-state index contributed by atoms with van der Waals surface area (Å²) >= 11 is 0. The zero-order valence-electron chi connectivity index (χ0n) is 14.7. The van der Waals surface area contributed by atoms with E-state index in [0.29, 0.717) is 5.46 Å². The molecule has 1 aromatic rings. The lowest BCUT2D eigenvalue weighted by molar-refractivity contribution is 0.0312. The Kier molecular flexibility index (Phi) is 5.75. The van der Waals surface area contributed by atoms with Crippen LogP contribution < -0.4 is 10.6 Å². The molecule has 8 heteroatoms. The van der Waals surface area contributed by atoms with Crippen molar-refractivity contribution in [1.29, 1.82) is 0 Å². The lowest BCUT2D eigenvalue weighted by Crippen LogP contribution is -2.62. The van der Waals surface area contributed by atoms with Gasteiger partial charge in [-0.3, -0.25) is 0 Å². The molecule has 2 N–H and O–H groups in total. The van der Waals surface area contributed by atoms with Crippen LogP contribution in [0.2, 0.25) is 0 Å². The van der Waals surface area contributed by atoms with E-state index in [1.807, 2.05) is 12.1 Å². The molecule has 2 fully saturated rings. The van der Waals surface area contributed by atoms with E-state index in [2.05, 4.69) is 39.0 Å². The molecule has 2 aliphatic rings. The van der Waals surface area contributed by atoms with E-state index in [1.54, 1.807) is 12.1 Å². The van der Waals surface area contributed by atoms with Crippen molar-refractivity contribution in [3.63, 3.8) is 0 Å². The van der Waals surface area contributed by atoms with Gasteiger partial charge < -0.3 is 19.8 Å². The summed E-state index contributed by atoms with van der Waals surface area (Å²) in [6.07, 6.45) is 0. The van der Waals surface area contributed by atoms with Crippen LogP contribution in [0.15, 0.2) is 24.3 Å². The first kappa shape index (κ1) is 17.7. The second-order valence-corrected chi connectivity index (χ2v) is 6.77. The first-order valence-corrected chi connectivity index (χ1v) is 8.67. The van der Waals surface area contributed by atoms with Gasteiger partial charge >= 0.3 is 7.12 Å². The van der Waals surface area contributed by atoms with Gasteiger partial charge in [0, 0.05) is 52.4 Å². The molecule has 0 spiro atoms. The molecule has 2 saturated heterocycles. The molecule has 0 radical (unpaired) electrons. The van der Waals surface area contributed by atoms with E-state index < -0.39 is 7.12 Å². The van der Waals surface area contributed by atoms with Crippen LogP contribution in [0.25, 0.3) is 0 Å². The third-order valence-corrected chi connectivity index (χ3v) is 4.92. The smallest absolute Gasteiger partial charge is 0.423 e. The van der Waals surface area contributed by atoms with Gasteiger partial charge in [-0.25, -0.2) is 15.1 Å². The van der Waals surface area contributed by atoms with Gasteiger partial charge in [0.1, 0.15) is 0 Å². The minimum atomic E-state index is -1.42. The SMILES string of the molecule is CN1CCN(N(c2ccc(B(O)O)cc2)N2CCN(C)CC2)CC1. The van der Waals surface area contributed by atoms with Crippen LogP contribution in [-0.4, -0.2) is 103 Å². The second-order valence-electron chi connectivity index (χ2n) is 6.77. The molecule has 0 aliphatic carbocycles. The van der Waals surface area contributed by atoms with Gasteiger partial charge in [0.25, 0.3) is 0 Å². The maximum absolute atomic E-state index is 9.32. The lowest BCUT2D eigenvalue weighted by Gasteiger charge is -2.48. The Morgan fingerprint density at radius 2 is 1.17 bits per heavy atom. The van der Waals surface area contributed by atoms with Crippen LogP contribution in [0.4, 0.5) is 5.69 Å². The van der Waals surface area contributed by atoms with Crippen LogP contribution >= 0.6 is 0 Å². The molecule has 0 unspecified atom stereocenters. The number of hydrazine groups is 2. The Bertz CT molecular complexity index is 492. The van der Waals surface area contributed by atoms with Gasteiger partial charge in [0.2, 0.25) is 0 Å². The Labute approximate surface area is 144 Å². The van der Waals surface area contributed by atoms with Crippen molar-refractivity contribution in [3.05, 3.63) is 24.3 Å². The van der Waals surface area contributed by atoms with Crippen molar-refractivity contribution in [2.45, 2.75) is 0 Å². The molecular weight excluding hydrogens is 305 g/mol. The predicted molar refractivity (Wildman–Crippen MR) is 96.9 cm³/mol. The molecule has 132 valence electrons. The van der Waals surface area contributed by atoms with E-state index in [1.165, 1.54) is 0 Å². The summed E-state index contributed by atoms with van der Waals surface area (Å²) in [6, 6.07) is 7.54. The minimum absolute atomic E-state index is 0.524. The highest BCUT2D eigenvalue weighted by atomic mass is 16.4. The topological polar surface area (TPSA) is 56.7 Å². The number of likely N-dealkylation sites (N-methyl/N-ethyl adjacent to an activating group) is 2. The van der Waals surface area contributed by atoms with Gasteiger partial charge in [0.15, 0.2) is 0 Å². The summed E-state index contributed by atoms with van der Waals surface area (Å²) in [5, 5.41) is 25.7. The first-order chi connectivity index (χ1) is 11.5. The predicted octanol–water partition coefficient (Wildman–Crippen LogP) is -1.50. The normalized spacial score (nSPS) is 21.8. The number of piperazine rings is 2. The van der Waals surface area contributed by atoms with Crippen molar-refractivity contribution in [2.24, 2.45) is 0 Å². The molecule has 0 aromatic heterocycles. The van der Waals surface area contributed by atoms with Crippen LogP contribution in [0.5, 0.6) is 0 Å². The van der Waals surface area contributed by atoms with Crippen LogP contribution in [0, 0.1) is 0 Å². The first-order valence-electron chi connectivity index (χ1n) is 8.67. The fraction of sp³-hybridized carbons (Fsp3) is 0.625. The van der Waals surface area contributed by atoms with Crippen LogP contribution in [0.3, 0.4) is 0 Å². The molecule has 2 aliphatic heterocycles. The third kappa shape index (κ3) is 4.08. The lowest BCUT2D eigenvalue weighted by atomic mass is 9.80. The Balaban J connectivity index is 1.81. The fourth-order valence-electron chi connectivity index (χ4n) is 3.26. The maximum atomic E-state index is 9.32. The molecule has 3 rings (SSSR count). The molecule has 24 heavy (non-hydrogen) atoms. The zero-order chi connectivity index (χ0) is 17.1. The van der Waals surface area contributed by atoms with Crippen LogP contribution in [0.1, 0.15) is 0 Å². The number of hydrogen-bond donors (Lipinski definition) is 2. The molecule has 7 nitrogen and oxygen atoms in total. The molecule has 0 bridgehead atoms. The van der Waals surface area contributed by atoms with E-state index in [4.69, 9.17) is 0 Å². The van der Waals surface area contributed by atoms with Crippen molar-refractivity contribution in [2.75, 3.05) is 71.6 Å². The monoisotopic (exact) mass is 333 g/mol. The van der Waals surface area contributed by atoms with Gasteiger partial charge in [-0.15, -0.1) is 0 Å². The summed E-state index contributed by atoms with van der Waals surface area (Å²) in [4.78, 5) is 4.70. The molecule has 1 aromatic carbocycles. The van der Waals surface area contributed by atoms with E-state index in [-0.39, 0.29) is 0 Å². The van der Waals surface area contributed by atoms with E-state index in [9.17, 15) is 10.0 Å². The maximum Gasteiger partial charge on any atom is 0.488 e. The second kappa shape index (κ2) is 7.82. The molecular formula is C16H28BN5O2. The molecule has 0 amide bonds. The molecule has 0 saturated carbocycles. The quantitative estimate of drug-likeness (QED) is 0.651. The van der Waals surface area contributed by atoms with Gasteiger partial charge in [0.05, 0.1) is 5.69 Å². The van der Waals surface area contributed by atoms with Gasteiger partial charge in [-0.1, -0.05) is 12.1 Å². The standard InChI is InChI=1S/C16H28BN5O2/c1-18-7-11-20(12-8-18)22(21-13-9-19(2)10-14-21)16-5-3-15(4-6-16)17(23)24/h3-6,23-24H,7-14H2,1-2H3. The Morgan fingerprint density at radius 3 is 1.54 bits per heavy atom. The highest BCUT2D eigenvalue weighted by Gasteiger charge is 2.28. The van der Waals surface area contributed by atoms with E-state index >= 15 is 0 Å². The summed E-state index contributed by atoms with van der Waals surface area (Å²) in [5.41, 5.74) is 1.60. The molecule has 0 atom stereocenters. The summed E-state index contributed by atoms with van der Waals surface area (Å²) < 4.78 is 0. The van der Waals surface area contributed by atoms with Crippen molar-refractivity contribution >= 4 is 18.3 Å². The Hall–Kier alpha value is -1.16. The minimum Gasteiger partial charge on any atom is -0.423 e. The molecule has 2 heterocycles. The number of rotatable bonds is 4.